The summed E-state index contributed by atoms with van der Waals surface area (Å²) in [6.07, 6.45) is 5.58. The zero-order valence-electron chi connectivity index (χ0n) is 15.1. The van der Waals surface area contributed by atoms with E-state index in [4.69, 9.17) is 10.5 Å². The van der Waals surface area contributed by atoms with Crippen molar-refractivity contribution in [2.24, 2.45) is 11.7 Å². The first-order valence-electron chi connectivity index (χ1n) is 8.56. The van der Waals surface area contributed by atoms with Gasteiger partial charge in [0.1, 0.15) is 12.3 Å². The number of nitrogens with two attached hydrogens (primary N) is 1. The minimum absolute atomic E-state index is 0. The second-order valence-electron chi connectivity index (χ2n) is 6.46. The minimum atomic E-state index is -0.210. The largest absolute Gasteiger partial charge is 0.497 e. The first-order valence-corrected chi connectivity index (χ1v) is 8.56. The maximum Gasteiger partial charge on any atom is 0.246 e. The highest BCUT2D eigenvalue weighted by Gasteiger charge is 2.27. The van der Waals surface area contributed by atoms with Crippen LogP contribution in [0.15, 0.2) is 36.7 Å². The third kappa shape index (κ3) is 5.70. The average molecular weight is 394 g/mol. The fourth-order valence-corrected chi connectivity index (χ4v) is 3.04. The van der Waals surface area contributed by atoms with Crippen LogP contribution >= 0.6 is 12.4 Å². The molecule has 1 aromatic heterocycles. The molecule has 1 aliphatic carbocycles. The number of anilines is 2. The second-order valence-corrected chi connectivity index (χ2v) is 6.46. The average Bonchev–Trinajstić information content (AvgIpc) is 3.24. The Kier molecular flexibility index (Phi) is 7.20. The summed E-state index contributed by atoms with van der Waals surface area (Å²) < 4.78 is 6.56. The number of carbonyl (C=O) groups is 2. The van der Waals surface area contributed by atoms with E-state index >= 15 is 0 Å². The molecule has 0 saturated heterocycles. The van der Waals surface area contributed by atoms with E-state index in [0.717, 1.165) is 18.6 Å². The van der Waals surface area contributed by atoms with Gasteiger partial charge in [-0.2, -0.15) is 5.10 Å². The van der Waals surface area contributed by atoms with Gasteiger partial charge in [0, 0.05) is 23.8 Å². The van der Waals surface area contributed by atoms with Gasteiger partial charge in [-0.15, -0.1) is 12.4 Å². The number of rotatable bonds is 6. The number of carbonyl (C=O) groups excluding carboxylic acids is 2. The summed E-state index contributed by atoms with van der Waals surface area (Å²) in [5.74, 6) is 0.420. The zero-order chi connectivity index (χ0) is 18.5. The molecule has 146 valence electrons. The van der Waals surface area contributed by atoms with Gasteiger partial charge in [0.25, 0.3) is 0 Å². The molecule has 1 saturated carbocycles. The fourth-order valence-electron chi connectivity index (χ4n) is 3.04. The predicted octanol–water partition coefficient (Wildman–Crippen LogP) is 2.02. The van der Waals surface area contributed by atoms with E-state index in [-0.39, 0.29) is 42.7 Å². The van der Waals surface area contributed by atoms with Crippen molar-refractivity contribution in [3.8, 4) is 5.75 Å². The van der Waals surface area contributed by atoms with Crippen molar-refractivity contribution < 1.29 is 14.3 Å². The van der Waals surface area contributed by atoms with Crippen molar-refractivity contribution in [2.75, 3.05) is 17.7 Å². The molecule has 1 aromatic carbocycles. The maximum absolute atomic E-state index is 12.2. The third-order valence-corrected chi connectivity index (χ3v) is 4.42. The molecule has 27 heavy (non-hydrogen) atoms. The molecular weight excluding hydrogens is 370 g/mol. The summed E-state index contributed by atoms with van der Waals surface area (Å²) in [5, 5.41) is 9.74. The Morgan fingerprint density at radius 2 is 1.96 bits per heavy atom. The van der Waals surface area contributed by atoms with Crippen LogP contribution in [0.25, 0.3) is 0 Å². The molecule has 1 fully saturated rings. The number of ether oxygens (including phenoxy) is 1. The Balaban J connectivity index is 0.00000261. The number of halogens is 1. The molecule has 2 aromatic rings. The number of nitrogens with one attached hydrogen (secondary N) is 2. The SMILES string of the molecule is COc1ccc(NC(=O)Cn2cc(NC(=O)C3CCC(N)C3)cn2)cc1.Cl. The summed E-state index contributed by atoms with van der Waals surface area (Å²) in [5.41, 5.74) is 7.10. The van der Waals surface area contributed by atoms with E-state index in [1.165, 1.54) is 10.9 Å². The lowest BCUT2D eigenvalue weighted by Gasteiger charge is -2.09. The molecule has 0 bridgehead atoms. The zero-order valence-corrected chi connectivity index (χ0v) is 15.9. The second kappa shape index (κ2) is 9.38. The lowest BCUT2D eigenvalue weighted by Crippen LogP contribution is -2.23. The van der Waals surface area contributed by atoms with Crippen molar-refractivity contribution in [1.29, 1.82) is 0 Å². The lowest BCUT2D eigenvalue weighted by molar-refractivity contribution is -0.119. The van der Waals surface area contributed by atoms with Crippen molar-refractivity contribution >= 4 is 35.6 Å². The smallest absolute Gasteiger partial charge is 0.246 e. The molecule has 8 nitrogen and oxygen atoms in total. The number of aromatic nitrogens is 2. The molecule has 9 heteroatoms. The molecule has 0 radical (unpaired) electrons. The standard InChI is InChI=1S/C18H23N5O3.ClH/c1-26-16-6-4-14(5-7-16)21-17(24)11-23-10-15(9-20-23)22-18(25)12-2-3-13(19)8-12;/h4-7,9-10,12-13H,2-3,8,11,19H2,1H3,(H,21,24)(H,22,25);1H. The highest BCUT2D eigenvalue weighted by atomic mass is 35.5. The van der Waals surface area contributed by atoms with Gasteiger partial charge in [-0.05, 0) is 43.5 Å². The van der Waals surface area contributed by atoms with E-state index in [1.54, 1.807) is 37.6 Å². The minimum Gasteiger partial charge on any atom is -0.497 e. The number of benzene rings is 1. The van der Waals surface area contributed by atoms with Gasteiger partial charge >= 0.3 is 0 Å². The molecule has 0 aliphatic heterocycles. The summed E-state index contributed by atoms with van der Waals surface area (Å²) >= 11 is 0. The van der Waals surface area contributed by atoms with Gasteiger partial charge in [-0.1, -0.05) is 0 Å². The Bertz CT molecular complexity index is 778. The molecule has 3 rings (SSSR count). The summed E-state index contributed by atoms with van der Waals surface area (Å²) in [7, 11) is 1.59. The van der Waals surface area contributed by atoms with Crippen LogP contribution in [0.3, 0.4) is 0 Å². The van der Waals surface area contributed by atoms with Crippen LogP contribution in [0, 0.1) is 5.92 Å². The van der Waals surface area contributed by atoms with E-state index in [2.05, 4.69) is 15.7 Å². The Morgan fingerprint density at radius 3 is 2.59 bits per heavy atom. The number of amides is 2. The van der Waals surface area contributed by atoms with Crippen LogP contribution in [0.2, 0.25) is 0 Å². The monoisotopic (exact) mass is 393 g/mol. The molecule has 2 unspecified atom stereocenters. The predicted molar refractivity (Wildman–Crippen MR) is 105 cm³/mol. The van der Waals surface area contributed by atoms with Crippen LogP contribution < -0.4 is 21.1 Å². The molecule has 4 N–H and O–H groups in total. The number of nitrogens with zero attached hydrogens (tertiary/aromatic N) is 2. The van der Waals surface area contributed by atoms with Crippen LogP contribution in [-0.4, -0.2) is 34.7 Å². The summed E-state index contributed by atoms with van der Waals surface area (Å²) in [6, 6.07) is 7.17. The van der Waals surface area contributed by atoms with Crippen LogP contribution in [0.1, 0.15) is 19.3 Å². The van der Waals surface area contributed by atoms with Crippen LogP contribution in [-0.2, 0) is 16.1 Å². The normalized spacial score (nSPS) is 18.4. The van der Waals surface area contributed by atoms with Crippen molar-refractivity contribution in [3.05, 3.63) is 36.7 Å². The molecule has 0 spiro atoms. The van der Waals surface area contributed by atoms with Gasteiger partial charge in [0.2, 0.25) is 11.8 Å². The van der Waals surface area contributed by atoms with E-state index in [1.807, 2.05) is 0 Å². The van der Waals surface area contributed by atoms with Crippen molar-refractivity contribution in [3.63, 3.8) is 0 Å². The molecule has 1 heterocycles. The fraction of sp³-hybridized carbons (Fsp3) is 0.389. The lowest BCUT2D eigenvalue weighted by atomic mass is 10.1. The quantitative estimate of drug-likeness (QED) is 0.695. The Labute approximate surface area is 163 Å². The molecule has 1 aliphatic rings. The Morgan fingerprint density at radius 1 is 1.22 bits per heavy atom. The van der Waals surface area contributed by atoms with Gasteiger partial charge in [-0.3, -0.25) is 14.3 Å². The molecule has 2 atom stereocenters. The van der Waals surface area contributed by atoms with Gasteiger partial charge < -0.3 is 21.1 Å². The first kappa shape index (κ1) is 20.7. The third-order valence-electron chi connectivity index (χ3n) is 4.42. The van der Waals surface area contributed by atoms with Gasteiger partial charge in [0.15, 0.2) is 0 Å². The van der Waals surface area contributed by atoms with Crippen molar-refractivity contribution in [2.45, 2.75) is 31.8 Å². The summed E-state index contributed by atoms with van der Waals surface area (Å²) in [4.78, 5) is 24.3. The van der Waals surface area contributed by atoms with Gasteiger partial charge in [0.05, 0.1) is 19.0 Å². The first-order chi connectivity index (χ1) is 12.5. The Hall–Kier alpha value is -2.58. The van der Waals surface area contributed by atoms with Crippen LogP contribution in [0.4, 0.5) is 11.4 Å². The maximum atomic E-state index is 12.2. The van der Waals surface area contributed by atoms with E-state index in [9.17, 15) is 9.59 Å². The number of methoxy groups -OCH3 is 1. The van der Waals surface area contributed by atoms with Gasteiger partial charge in [-0.25, -0.2) is 0 Å². The number of hydrogen-bond acceptors (Lipinski definition) is 5. The topological polar surface area (TPSA) is 111 Å². The van der Waals surface area contributed by atoms with Crippen LogP contribution in [0.5, 0.6) is 5.75 Å². The van der Waals surface area contributed by atoms with Crippen molar-refractivity contribution in [1.82, 2.24) is 9.78 Å². The summed E-state index contributed by atoms with van der Waals surface area (Å²) in [6.45, 7) is 0.0518. The molecule has 2 amide bonds. The molecular formula is C18H24ClN5O3. The highest BCUT2D eigenvalue weighted by Crippen LogP contribution is 2.25. The van der Waals surface area contributed by atoms with E-state index in [0.29, 0.717) is 17.8 Å². The highest BCUT2D eigenvalue weighted by molar-refractivity contribution is 5.93. The number of hydrogen-bond donors (Lipinski definition) is 3. The van der Waals surface area contributed by atoms with E-state index < -0.39 is 0 Å².